The Morgan fingerprint density at radius 3 is 2.56 bits per heavy atom. The fraction of sp³-hybridized carbons (Fsp3) is 0.524. The van der Waals surface area contributed by atoms with Gasteiger partial charge in [0.2, 0.25) is 0 Å². The van der Waals surface area contributed by atoms with Crippen LogP contribution in [0.3, 0.4) is 0 Å². The molecular formula is C21H29NO3. The number of rotatable bonds is 10. The lowest BCUT2D eigenvalue weighted by molar-refractivity contribution is -0.142. The van der Waals surface area contributed by atoms with Crippen molar-refractivity contribution in [3.8, 4) is 5.75 Å². The third kappa shape index (κ3) is 5.45. The fourth-order valence-electron chi connectivity index (χ4n) is 3.02. The molecule has 2 aromatic rings. The maximum Gasteiger partial charge on any atom is 0.343 e. The Bertz CT molecular complexity index is 697. The minimum absolute atomic E-state index is 0.0815. The van der Waals surface area contributed by atoms with Crippen LogP contribution in [0.1, 0.15) is 56.7 Å². The number of unbranched alkanes of at least 4 members (excludes halogenated alkanes) is 5. The maximum atomic E-state index is 11.5. The molecule has 0 aliphatic rings. The lowest BCUT2D eigenvalue weighted by atomic mass is 10.0. The molecule has 0 fully saturated rings. The minimum Gasteiger partial charge on any atom is -0.481 e. The average molecular weight is 343 g/mol. The smallest absolute Gasteiger partial charge is 0.343 e. The molecule has 2 rings (SSSR count). The molecule has 0 bridgehead atoms. The zero-order chi connectivity index (χ0) is 18.1. The summed E-state index contributed by atoms with van der Waals surface area (Å²) in [6.45, 7) is 4.18. The van der Waals surface area contributed by atoms with E-state index in [9.17, 15) is 4.79 Å². The molecule has 0 amide bonds. The van der Waals surface area contributed by atoms with Crippen LogP contribution in [0.15, 0.2) is 24.3 Å². The van der Waals surface area contributed by atoms with Gasteiger partial charge in [-0.1, -0.05) is 51.2 Å². The average Bonchev–Trinajstić information content (AvgIpc) is 2.64. The van der Waals surface area contributed by atoms with E-state index in [1.165, 1.54) is 39.2 Å². The molecule has 1 aromatic heterocycles. The number of hydrogen-bond donors (Lipinski definition) is 0. The van der Waals surface area contributed by atoms with Crippen molar-refractivity contribution in [2.45, 2.75) is 58.8 Å². The summed E-state index contributed by atoms with van der Waals surface area (Å²) >= 11 is 0. The number of benzene rings is 1. The van der Waals surface area contributed by atoms with E-state index in [2.05, 4.69) is 11.7 Å². The molecule has 0 atom stereocenters. The Kier molecular flexibility index (Phi) is 7.71. The summed E-state index contributed by atoms with van der Waals surface area (Å²) in [6.07, 6.45) is 8.49. The zero-order valence-electron chi connectivity index (χ0n) is 15.6. The van der Waals surface area contributed by atoms with Crippen LogP contribution >= 0.6 is 0 Å². The van der Waals surface area contributed by atoms with Gasteiger partial charge in [-0.15, -0.1) is 0 Å². The molecule has 0 N–H and O–H groups in total. The van der Waals surface area contributed by atoms with Gasteiger partial charge in [-0.2, -0.15) is 0 Å². The first kappa shape index (κ1) is 19.2. The predicted molar refractivity (Wildman–Crippen MR) is 101 cm³/mol. The highest BCUT2D eigenvalue weighted by molar-refractivity contribution is 5.87. The zero-order valence-corrected chi connectivity index (χ0v) is 15.6. The van der Waals surface area contributed by atoms with Gasteiger partial charge in [-0.3, -0.25) is 4.98 Å². The van der Waals surface area contributed by atoms with Gasteiger partial charge in [0.1, 0.15) is 5.75 Å². The lowest BCUT2D eigenvalue weighted by Gasteiger charge is -2.15. The number of carbonyl (C=O) groups excluding carboxylic acids is 1. The number of aryl methyl sites for hydroxylation is 1. The number of pyridine rings is 1. The minimum atomic E-state index is -0.377. The Balaban J connectivity index is 2.14. The van der Waals surface area contributed by atoms with E-state index < -0.39 is 0 Å². The highest BCUT2D eigenvalue weighted by atomic mass is 16.6. The molecule has 4 heteroatoms. The van der Waals surface area contributed by atoms with Gasteiger partial charge in [0.05, 0.1) is 12.6 Å². The number of carbonyl (C=O) groups is 1. The number of esters is 1. The normalized spacial score (nSPS) is 10.8. The van der Waals surface area contributed by atoms with Crippen molar-refractivity contribution in [2.75, 3.05) is 13.7 Å². The highest BCUT2D eigenvalue weighted by Crippen LogP contribution is 2.31. The molecule has 0 saturated carbocycles. The third-order valence-corrected chi connectivity index (χ3v) is 4.51. The lowest BCUT2D eigenvalue weighted by Crippen LogP contribution is -2.14. The van der Waals surface area contributed by atoms with Crippen LogP contribution in [0.25, 0.3) is 10.9 Å². The number of nitrogens with zero attached hydrogens (tertiary/aromatic N) is 1. The second-order valence-corrected chi connectivity index (χ2v) is 6.41. The second kappa shape index (κ2) is 10.0. The summed E-state index contributed by atoms with van der Waals surface area (Å²) in [5.74, 6) is 0.370. The van der Waals surface area contributed by atoms with E-state index in [-0.39, 0.29) is 12.6 Å². The summed E-state index contributed by atoms with van der Waals surface area (Å²) in [5, 5.41) is 0.940. The number of aromatic nitrogens is 1. The number of fused-ring (bicyclic) bond motifs is 1. The molecule has 0 saturated heterocycles. The van der Waals surface area contributed by atoms with Crippen LogP contribution in [-0.4, -0.2) is 24.7 Å². The molecule has 0 spiro atoms. The van der Waals surface area contributed by atoms with Crippen LogP contribution in [0.5, 0.6) is 5.75 Å². The van der Waals surface area contributed by atoms with Crippen molar-refractivity contribution in [3.05, 3.63) is 35.5 Å². The van der Waals surface area contributed by atoms with Gasteiger partial charge in [-0.05, 0) is 31.9 Å². The van der Waals surface area contributed by atoms with Crippen LogP contribution in [0.4, 0.5) is 0 Å². The van der Waals surface area contributed by atoms with E-state index in [4.69, 9.17) is 9.72 Å². The Labute approximate surface area is 150 Å². The summed E-state index contributed by atoms with van der Waals surface area (Å²) in [7, 11) is 1.37. The molecule has 1 heterocycles. The Morgan fingerprint density at radius 2 is 1.80 bits per heavy atom. The summed E-state index contributed by atoms with van der Waals surface area (Å²) in [5.41, 5.74) is 3.00. The monoisotopic (exact) mass is 343 g/mol. The third-order valence-electron chi connectivity index (χ3n) is 4.51. The molecule has 136 valence electrons. The van der Waals surface area contributed by atoms with E-state index >= 15 is 0 Å². The van der Waals surface area contributed by atoms with Crippen LogP contribution in [0.2, 0.25) is 0 Å². The first-order valence-corrected chi connectivity index (χ1v) is 9.25. The number of ether oxygens (including phenoxy) is 2. The van der Waals surface area contributed by atoms with Crippen LogP contribution in [-0.2, 0) is 16.0 Å². The fourth-order valence-corrected chi connectivity index (χ4v) is 3.02. The van der Waals surface area contributed by atoms with E-state index in [1.807, 2.05) is 31.2 Å². The van der Waals surface area contributed by atoms with Gasteiger partial charge in [0.15, 0.2) is 6.61 Å². The van der Waals surface area contributed by atoms with Crippen molar-refractivity contribution in [1.82, 2.24) is 4.98 Å². The number of para-hydroxylation sites is 1. The van der Waals surface area contributed by atoms with Gasteiger partial charge in [0.25, 0.3) is 0 Å². The standard InChI is InChI=1S/C21H29NO3/c1-4-5-6-7-8-9-13-18-16(2)21(25-15-20(23)24-3)17-12-10-11-14-19(17)22-18/h10-12,14H,4-9,13,15H2,1-3H3. The number of hydrogen-bond acceptors (Lipinski definition) is 4. The number of methoxy groups -OCH3 is 1. The second-order valence-electron chi connectivity index (χ2n) is 6.41. The van der Waals surface area contributed by atoms with Crippen molar-refractivity contribution >= 4 is 16.9 Å². The highest BCUT2D eigenvalue weighted by Gasteiger charge is 2.14. The topological polar surface area (TPSA) is 48.4 Å². The molecule has 25 heavy (non-hydrogen) atoms. The Morgan fingerprint density at radius 1 is 1.08 bits per heavy atom. The van der Waals surface area contributed by atoms with E-state index in [1.54, 1.807) is 0 Å². The summed E-state index contributed by atoms with van der Waals surface area (Å²) in [6, 6.07) is 7.91. The van der Waals surface area contributed by atoms with Gasteiger partial charge >= 0.3 is 5.97 Å². The maximum absolute atomic E-state index is 11.5. The summed E-state index contributed by atoms with van der Waals surface area (Å²) in [4.78, 5) is 16.3. The predicted octanol–water partition coefficient (Wildman–Crippen LogP) is 5.00. The molecule has 0 radical (unpaired) electrons. The molecule has 4 nitrogen and oxygen atoms in total. The first-order valence-electron chi connectivity index (χ1n) is 9.25. The van der Waals surface area contributed by atoms with Crippen molar-refractivity contribution in [3.63, 3.8) is 0 Å². The van der Waals surface area contributed by atoms with Crippen LogP contribution < -0.4 is 4.74 Å². The Hall–Kier alpha value is -2.10. The molecule has 1 aromatic carbocycles. The van der Waals surface area contributed by atoms with Gasteiger partial charge in [0, 0.05) is 16.6 Å². The van der Waals surface area contributed by atoms with E-state index in [0.717, 1.165) is 40.8 Å². The van der Waals surface area contributed by atoms with E-state index in [0.29, 0.717) is 0 Å². The SMILES string of the molecule is CCCCCCCCc1nc2ccccc2c(OCC(=O)OC)c1C. The molecule has 0 unspecified atom stereocenters. The van der Waals surface area contributed by atoms with Crippen molar-refractivity contribution in [1.29, 1.82) is 0 Å². The quantitative estimate of drug-likeness (QED) is 0.450. The van der Waals surface area contributed by atoms with Gasteiger partial charge in [-0.25, -0.2) is 4.79 Å². The molecule has 0 aliphatic heterocycles. The van der Waals surface area contributed by atoms with Crippen molar-refractivity contribution in [2.24, 2.45) is 0 Å². The van der Waals surface area contributed by atoms with Crippen LogP contribution in [0, 0.1) is 6.92 Å². The molecular weight excluding hydrogens is 314 g/mol. The van der Waals surface area contributed by atoms with Gasteiger partial charge < -0.3 is 9.47 Å². The van der Waals surface area contributed by atoms with Crippen molar-refractivity contribution < 1.29 is 14.3 Å². The molecule has 0 aliphatic carbocycles. The largest absolute Gasteiger partial charge is 0.481 e. The summed E-state index contributed by atoms with van der Waals surface area (Å²) < 4.78 is 10.5. The first-order chi connectivity index (χ1) is 12.2.